The summed E-state index contributed by atoms with van der Waals surface area (Å²) in [4.78, 5) is 28.4. The van der Waals surface area contributed by atoms with Gasteiger partial charge in [-0.2, -0.15) is 4.31 Å². The molecule has 2 aromatic carbocycles. The highest BCUT2D eigenvalue weighted by atomic mass is 32.2. The molecule has 0 atom stereocenters. The highest BCUT2D eigenvalue weighted by molar-refractivity contribution is 7.89. The van der Waals surface area contributed by atoms with Crippen molar-refractivity contribution in [1.29, 1.82) is 0 Å². The van der Waals surface area contributed by atoms with Crippen molar-refractivity contribution in [2.45, 2.75) is 17.7 Å². The van der Waals surface area contributed by atoms with E-state index < -0.39 is 16.0 Å². The second-order valence-electron chi connectivity index (χ2n) is 7.03. The van der Waals surface area contributed by atoms with Gasteiger partial charge >= 0.3 is 5.97 Å². The summed E-state index contributed by atoms with van der Waals surface area (Å²) in [6.45, 7) is 0.420. The van der Waals surface area contributed by atoms with Crippen LogP contribution in [0.25, 0.3) is 10.2 Å². The predicted molar refractivity (Wildman–Crippen MR) is 116 cm³/mol. The molecular formula is C21H21N3O5S2. The third kappa shape index (κ3) is 4.92. The summed E-state index contributed by atoms with van der Waals surface area (Å²) in [7, 11) is -3.87. The number of aryl methyl sites for hydroxylation is 1. The number of carbonyl (C=O) groups excluding carboxylic acids is 2. The molecule has 1 amide bonds. The number of rotatable bonds is 7. The molecule has 1 aromatic heterocycles. The third-order valence-electron chi connectivity index (χ3n) is 4.82. The molecule has 8 nitrogen and oxygen atoms in total. The fraction of sp³-hybridized carbons (Fsp3) is 0.286. The fourth-order valence-electron chi connectivity index (χ4n) is 3.25. The molecule has 0 spiro atoms. The summed E-state index contributed by atoms with van der Waals surface area (Å²) in [5.74, 6) is -0.934. The van der Waals surface area contributed by atoms with Gasteiger partial charge in [0.15, 0.2) is 0 Å². The van der Waals surface area contributed by atoms with Crippen LogP contribution in [0.4, 0.5) is 0 Å². The first-order chi connectivity index (χ1) is 14.9. The van der Waals surface area contributed by atoms with E-state index in [2.05, 4.69) is 10.3 Å². The van der Waals surface area contributed by atoms with Crippen LogP contribution in [0, 0.1) is 0 Å². The minimum atomic E-state index is -3.87. The molecule has 0 bridgehead atoms. The Balaban J connectivity index is 1.35. The molecule has 1 aliphatic heterocycles. The third-order valence-corrected chi connectivity index (χ3v) is 7.75. The Morgan fingerprint density at radius 2 is 2.03 bits per heavy atom. The van der Waals surface area contributed by atoms with E-state index in [9.17, 15) is 18.0 Å². The number of carbonyl (C=O) groups is 2. The van der Waals surface area contributed by atoms with Crippen molar-refractivity contribution < 1.29 is 22.7 Å². The van der Waals surface area contributed by atoms with Crippen LogP contribution in [0.5, 0.6) is 0 Å². The summed E-state index contributed by atoms with van der Waals surface area (Å²) in [5.41, 5.74) is 1.12. The Bertz CT molecular complexity index is 1190. The van der Waals surface area contributed by atoms with Gasteiger partial charge in [0, 0.05) is 19.5 Å². The van der Waals surface area contributed by atoms with E-state index in [0.29, 0.717) is 12.8 Å². The molecule has 4 rings (SSSR count). The van der Waals surface area contributed by atoms with E-state index >= 15 is 0 Å². The van der Waals surface area contributed by atoms with Crippen molar-refractivity contribution in [1.82, 2.24) is 14.6 Å². The Morgan fingerprint density at radius 3 is 2.84 bits per heavy atom. The van der Waals surface area contributed by atoms with Crippen LogP contribution < -0.4 is 5.32 Å². The first kappa shape index (κ1) is 21.4. The molecule has 31 heavy (non-hydrogen) atoms. The van der Waals surface area contributed by atoms with Gasteiger partial charge in [0.05, 0.1) is 38.8 Å². The van der Waals surface area contributed by atoms with E-state index in [4.69, 9.17) is 4.74 Å². The minimum absolute atomic E-state index is 0.0360. The number of sulfonamides is 1. The van der Waals surface area contributed by atoms with Gasteiger partial charge in [-0.25, -0.2) is 18.2 Å². The Morgan fingerprint density at radius 1 is 1.19 bits per heavy atom. The molecule has 10 heteroatoms. The van der Waals surface area contributed by atoms with Crippen LogP contribution in [0.1, 0.15) is 21.8 Å². The molecule has 1 aliphatic rings. The second kappa shape index (κ2) is 9.13. The number of piperazine rings is 1. The minimum Gasteiger partial charge on any atom is -0.462 e. The molecule has 0 aliphatic carbocycles. The van der Waals surface area contributed by atoms with Crippen LogP contribution in [0.15, 0.2) is 53.4 Å². The molecule has 0 unspecified atom stereocenters. The number of ether oxygens (including phenoxy) is 1. The van der Waals surface area contributed by atoms with Gasteiger partial charge in [0.1, 0.15) is 0 Å². The Hall–Kier alpha value is -2.82. The van der Waals surface area contributed by atoms with Crippen molar-refractivity contribution in [3.63, 3.8) is 0 Å². The van der Waals surface area contributed by atoms with Crippen molar-refractivity contribution >= 4 is 43.5 Å². The number of nitrogens with zero attached hydrogens (tertiary/aromatic N) is 2. The van der Waals surface area contributed by atoms with Crippen LogP contribution in [0.3, 0.4) is 0 Å². The standard InChI is InChI=1S/C21H21N3O5S2/c25-19-14-24(11-10-22-19)31(27,28)16-6-3-5-15(13-16)21(26)29-12-4-9-20-23-17-7-1-2-8-18(17)30-20/h1-3,5-8,13H,4,9-12,14H2,(H,22,25). The van der Waals surface area contributed by atoms with Gasteiger partial charge in [0.25, 0.3) is 0 Å². The number of aromatic nitrogens is 1. The maximum Gasteiger partial charge on any atom is 0.338 e. The monoisotopic (exact) mass is 459 g/mol. The zero-order valence-corrected chi connectivity index (χ0v) is 18.2. The highest BCUT2D eigenvalue weighted by Crippen LogP contribution is 2.22. The number of benzene rings is 2. The van der Waals surface area contributed by atoms with Crippen molar-refractivity contribution in [2.24, 2.45) is 0 Å². The quantitative estimate of drug-likeness (QED) is 0.429. The van der Waals surface area contributed by atoms with E-state index in [1.165, 1.54) is 24.3 Å². The summed E-state index contributed by atoms with van der Waals surface area (Å²) in [6, 6.07) is 13.6. The van der Waals surface area contributed by atoms with E-state index in [-0.39, 0.29) is 42.6 Å². The molecule has 162 valence electrons. The molecule has 1 N–H and O–H groups in total. The van der Waals surface area contributed by atoms with E-state index in [1.807, 2.05) is 24.3 Å². The number of para-hydroxylation sites is 1. The molecular weight excluding hydrogens is 438 g/mol. The number of thiazole rings is 1. The van der Waals surface area contributed by atoms with Gasteiger partial charge < -0.3 is 10.1 Å². The first-order valence-electron chi connectivity index (χ1n) is 9.82. The van der Waals surface area contributed by atoms with Gasteiger partial charge in [-0.1, -0.05) is 18.2 Å². The zero-order valence-electron chi connectivity index (χ0n) is 16.6. The topological polar surface area (TPSA) is 106 Å². The second-order valence-corrected chi connectivity index (χ2v) is 10.1. The van der Waals surface area contributed by atoms with Crippen LogP contribution >= 0.6 is 11.3 Å². The number of hydrogen-bond donors (Lipinski definition) is 1. The van der Waals surface area contributed by atoms with Gasteiger partial charge in [-0.15, -0.1) is 11.3 Å². The molecule has 3 aromatic rings. The van der Waals surface area contributed by atoms with Crippen molar-refractivity contribution in [3.05, 3.63) is 59.1 Å². The fourth-order valence-corrected chi connectivity index (χ4v) is 5.70. The number of amides is 1. The zero-order chi connectivity index (χ0) is 21.8. The lowest BCUT2D eigenvalue weighted by Gasteiger charge is -2.26. The number of fused-ring (bicyclic) bond motifs is 1. The van der Waals surface area contributed by atoms with Crippen LogP contribution in [0.2, 0.25) is 0 Å². The first-order valence-corrected chi connectivity index (χ1v) is 12.1. The number of hydrogen-bond acceptors (Lipinski definition) is 7. The van der Waals surface area contributed by atoms with Crippen molar-refractivity contribution in [3.8, 4) is 0 Å². The predicted octanol–water partition coefficient (Wildman–Crippen LogP) is 2.21. The van der Waals surface area contributed by atoms with E-state index in [0.717, 1.165) is 19.5 Å². The summed E-state index contributed by atoms with van der Waals surface area (Å²) >= 11 is 1.62. The molecule has 0 radical (unpaired) electrons. The van der Waals surface area contributed by atoms with Gasteiger partial charge in [0.2, 0.25) is 15.9 Å². The lowest BCUT2D eigenvalue weighted by molar-refractivity contribution is -0.122. The summed E-state index contributed by atoms with van der Waals surface area (Å²) < 4.78 is 33.1. The molecule has 0 saturated carbocycles. The highest BCUT2D eigenvalue weighted by Gasteiger charge is 2.29. The average molecular weight is 460 g/mol. The molecule has 1 saturated heterocycles. The normalized spacial score (nSPS) is 15.0. The van der Waals surface area contributed by atoms with Crippen LogP contribution in [-0.4, -0.2) is 55.8 Å². The van der Waals surface area contributed by atoms with Crippen LogP contribution in [-0.2, 0) is 26.0 Å². The maximum absolute atomic E-state index is 12.8. The Kier molecular flexibility index (Phi) is 6.30. The smallest absolute Gasteiger partial charge is 0.338 e. The average Bonchev–Trinajstić information content (AvgIpc) is 3.19. The van der Waals surface area contributed by atoms with Gasteiger partial charge in [-0.05, 0) is 36.8 Å². The maximum atomic E-state index is 12.8. The summed E-state index contributed by atoms with van der Waals surface area (Å²) in [6.07, 6.45) is 1.31. The lowest BCUT2D eigenvalue weighted by Crippen LogP contribution is -2.49. The summed E-state index contributed by atoms with van der Waals surface area (Å²) in [5, 5.41) is 3.57. The van der Waals surface area contributed by atoms with Crippen molar-refractivity contribution in [2.75, 3.05) is 26.2 Å². The molecule has 2 heterocycles. The number of nitrogens with one attached hydrogen (secondary N) is 1. The van der Waals surface area contributed by atoms with Gasteiger partial charge in [-0.3, -0.25) is 4.79 Å². The largest absolute Gasteiger partial charge is 0.462 e. The lowest BCUT2D eigenvalue weighted by atomic mass is 10.2. The Labute approximate surface area is 183 Å². The van der Waals surface area contributed by atoms with E-state index in [1.54, 1.807) is 11.3 Å². The number of esters is 1. The SMILES string of the molecule is O=C1CN(S(=O)(=O)c2cccc(C(=O)OCCCc3nc4ccccc4s3)c2)CCN1. The molecule has 1 fully saturated rings.